The van der Waals surface area contributed by atoms with Crippen LogP contribution in [0.15, 0.2) is 6.33 Å². The molecule has 3 rings (SSSR count). The van der Waals surface area contributed by atoms with Gasteiger partial charge in [-0.15, -0.1) is 0 Å². The molecule has 1 fully saturated rings. The van der Waals surface area contributed by atoms with Crippen molar-refractivity contribution in [1.82, 2.24) is 24.6 Å². The molecule has 3 heterocycles. The minimum absolute atomic E-state index is 0.0123. The number of ether oxygens (including phenoxy) is 3. The highest BCUT2D eigenvalue weighted by Gasteiger charge is 2.48. The SMILES string of the molecule is CCOc1nc(N)nc2c1ncn2[C@@H]1O[C@H](COP(=S)(N[C@@H](C)C(=O)OC(C)C)OCCSC(=O)C(C)(C)C)CC1(Cl)Cl. The molecule has 1 unspecified atom stereocenters. The van der Waals surface area contributed by atoms with E-state index >= 15 is 0 Å². The fraction of sp³-hybridized carbons (Fsp3) is 0.720. The molecule has 2 aromatic rings. The molecule has 1 saturated heterocycles. The van der Waals surface area contributed by atoms with Crippen LogP contribution in [-0.2, 0) is 39.9 Å². The average Bonchev–Trinajstić information content (AvgIpc) is 3.43. The van der Waals surface area contributed by atoms with Crippen LogP contribution in [0.25, 0.3) is 11.2 Å². The predicted molar refractivity (Wildman–Crippen MR) is 171 cm³/mol. The summed E-state index contributed by atoms with van der Waals surface area (Å²) in [5.41, 5.74) is 6.11. The van der Waals surface area contributed by atoms with Crippen molar-refractivity contribution in [2.45, 2.75) is 83.7 Å². The molecule has 4 atom stereocenters. The summed E-state index contributed by atoms with van der Waals surface area (Å²) in [5.74, 6) is 0.0573. The van der Waals surface area contributed by atoms with Crippen molar-refractivity contribution in [1.29, 1.82) is 0 Å². The Morgan fingerprint density at radius 1 is 1.30 bits per heavy atom. The summed E-state index contributed by atoms with van der Waals surface area (Å²) in [5, 5.41) is 3.00. The standard InChI is InChI=1S/C25H39Cl2N6O7PS2/c1-8-36-19-17-18(30-23(28)31-19)33(13-29-17)21-25(26,27)11-16(40-21)12-38-41(42,32-15(4)20(34)39-14(2)3)37-9-10-43-22(35)24(5,6)7/h13-16,21H,8-12H2,1-7H3,(H,32,42)(H2,28,30,31)/t15-,16-,21+,41?/m0/s1. The summed E-state index contributed by atoms with van der Waals surface area (Å²) in [7, 11) is 0. The first-order chi connectivity index (χ1) is 20.0. The minimum atomic E-state index is -3.29. The normalized spacial score (nSPS) is 20.7. The van der Waals surface area contributed by atoms with Gasteiger partial charge in [-0.25, -0.2) is 10.1 Å². The van der Waals surface area contributed by atoms with Gasteiger partial charge in [0, 0.05) is 17.6 Å². The highest BCUT2D eigenvalue weighted by molar-refractivity contribution is 8.13. The highest BCUT2D eigenvalue weighted by Crippen LogP contribution is 2.50. The zero-order valence-corrected chi connectivity index (χ0v) is 29.2. The second kappa shape index (κ2) is 14.9. The monoisotopic (exact) mass is 700 g/mol. The number of nitrogen functional groups attached to an aromatic ring is 1. The van der Waals surface area contributed by atoms with Gasteiger partial charge in [0.2, 0.25) is 11.8 Å². The van der Waals surface area contributed by atoms with Crippen molar-refractivity contribution >= 4 is 81.6 Å². The number of esters is 1. The molecule has 0 radical (unpaired) electrons. The van der Waals surface area contributed by atoms with E-state index in [9.17, 15) is 9.59 Å². The van der Waals surface area contributed by atoms with Gasteiger partial charge in [0.1, 0.15) is 6.04 Å². The minimum Gasteiger partial charge on any atom is -0.476 e. The number of nitrogens with one attached hydrogen (secondary N) is 1. The van der Waals surface area contributed by atoms with Crippen LogP contribution in [-0.4, -0.2) is 78.8 Å². The first-order valence-electron chi connectivity index (χ1n) is 13.7. The Morgan fingerprint density at radius 2 is 2.00 bits per heavy atom. The van der Waals surface area contributed by atoms with Crippen LogP contribution >= 0.6 is 41.6 Å². The van der Waals surface area contributed by atoms with Crippen molar-refractivity contribution in [2.24, 2.45) is 5.41 Å². The molecule has 0 saturated carbocycles. The fourth-order valence-corrected chi connectivity index (χ4v) is 7.79. The van der Waals surface area contributed by atoms with E-state index in [0.29, 0.717) is 23.5 Å². The quantitative estimate of drug-likeness (QED) is 0.120. The Labute approximate surface area is 270 Å². The molecule has 242 valence electrons. The molecule has 1 aliphatic rings. The Hall–Kier alpha value is -1.29. The summed E-state index contributed by atoms with van der Waals surface area (Å²) in [6.07, 6.45) is -0.210. The maximum absolute atomic E-state index is 12.5. The van der Waals surface area contributed by atoms with Gasteiger partial charge >= 0.3 is 5.97 Å². The third-order valence-electron chi connectivity index (χ3n) is 5.80. The zero-order valence-electron chi connectivity index (χ0n) is 25.2. The van der Waals surface area contributed by atoms with Gasteiger partial charge in [-0.05, 0) is 39.5 Å². The number of rotatable bonds is 14. The fourth-order valence-electron chi connectivity index (χ4n) is 3.84. The van der Waals surface area contributed by atoms with Gasteiger partial charge in [-0.1, -0.05) is 55.7 Å². The lowest BCUT2D eigenvalue weighted by Crippen LogP contribution is -2.36. The summed E-state index contributed by atoms with van der Waals surface area (Å²) in [6.45, 7) is 9.56. The summed E-state index contributed by atoms with van der Waals surface area (Å²) >= 11 is 20.3. The van der Waals surface area contributed by atoms with Crippen LogP contribution in [0.1, 0.15) is 61.1 Å². The molecule has 0 spiro atoms. The van der Waals surface area contributed by atoms with Gasteiger partial charge in [0.05, 0.1) is 38.4 Å². The van der Waals surface area contributed by atoms with E-state index in [-0.39, 0.29) is 42.7 Å². The van der Waals surface area contributed by atoms with Crippen molar-refractivity contribution in [3.05, 3.63) is 6.33 Å². The number of halogens is 2. The van der Waals surface area contributed by atoms with E-state index in [0.717, 1.165) is 11.8 Å². The van der Waals surface area contributed by atoms with Crippen LogP contribution in [0.3, 0.4) is 0 Å². The van der Waals surface area contributed by atoms with E-state index in [1.807, 2.05) is 27.7 Å². The molecular weight excluding hydrogens is 662 g/mol. The molecule has 18 heteroatoms. The lowest BCUT2D eigenvalue weighted by molar-refractivity contribution is -0.149. The Balaban J connectivity index is 1.74. The lowest BCUT2D eigenvalue weighted by atomic mass is 10.00. The van der Waals surface area contributed by atoms with Gasteiger partial charge in [0.15, 0.2) is 26.8 Å². The van der Waals surface area contributed by atoms with Crippen LogP contribution < -0.4 is 15.6 Å². The summed E-state index contributed by atoms with van der Waals surface area (Å²) in [6, 6.07) is -0.823. The molecule has 0 bridgehead atoms. The molecule has 0 aromatic carbocycles. The van der Waals surface area contributed by atoms with Gasteiger partial charge in [-0.3, -0.25) is 14.2 Å². The molecule has 0 amide bonds. The Bertz CT molecular complexity index is 1340. The third kappa shape index (κ3) is 9.85. The summed E-state index contributed by atoms with van der Waals surface area (Å²) in [4.78, 5) is 37.6. The maximum Gasteiger partial charge on any atom is 0.323 e. The number of anilines is 1. The van der Waals surface area contributed by atoms with Crippen LogP contribution in [0.2, 0.25) is 0 Å². The number of carbonyl (C=O) groups excluding carboxylic acids is 2. The van der Waals surface area contributed by atoms with Gasteiger partial charge < -0.3 is 29.0 Å². The molecular formula is C25H39Cl2N6O7PS2. The number of hydrogen-bond donors (Lipinski definition) is 2. The molecule has 3 N–H and O–H groups in total. The van der Waals surface area contributed by atoms with Crippen molar-refractivity contribution in [2.75, 3.05) is 31.3 Å². The largest absolute Gasteiger partial charge is 0.476 e. The van der Waals surface area contributed by atoms with E-state index in [2.05, 4.69) is 20.0 Å². The lowest BCUT2D eigenvalue weighted by Gasteiger charge is -2.27. The first kappa shape index (κ1) is 36.2. The average molecular weight is 702 g/mol. The highest BCUT2D eigenvalue weighted by atomic mass is 35.5. The van der Waals surface area contributed by atoms with E-state index in [1.165, 1.54) is 6.33 Å². The number of nitrogens with zero attached hydrogens (tertiary/aromatic N) is 4. The zero-order chi connectivity index (χ0) is 32.2. The number of aromatic nitrogens is 4. The number of fused-ring (bicyclic) bond motifs is 1. The number of thioether (sulfide) groups is 1. The maximum atomic E-state index is 12.5. The number of hydrogen-bond acceptors (Lipinski definition) is 13. The van der Waals surface area contributed by atoms with Gasteiger partial charge in [-0.2, -0.15) is 9.97 Å². The second-order valence-corrected chi connectivity index (χ2v) is 16.9. The van der Waals surface area contributed by atoms with E-state index in [4.69, 9.17) is 64.0 Å². The topological polar surface area (TPSA) is 162 Å². The first-order valence-corrected chi connectivity index (χ1v) is 18.0. The number of carbonyl (C=O) groups is 2. The molecule has 2 aromatic heterocycles. The van der Waals surface area contributed by atoms with Gasteiger partial charge in [0.25, 0.3) is 6.64 Å². The van der Waals surface area contributed by atoms with E-state index in [1.54, 1.807) is 25.3 Å². The smallest absolute Gasteiger partial charge is 0.323 e. The van der Waals surface area contributed by atoms with Crippen molar-refractivity contribution in [3.63, 3.8) is 0 Å². The predicted octanol–water partition coefficient (Wildman–Crippen LogP) is 4.76. The number of alkyl halides is 2. The number of nitrogens with two attached hydrogens (primary N) is 1. The molecule has 0 aliphatic carbocycles. The molecule has 1 aliphatic heterocycles. The Morgan fingerprint density at radius 3 is 2.63 bits per heavy atom. The molecule has 13 nitrogen and oxygen atoms in total. The second-order valence-electron chi connectivity index (χ2n) is 11.1. The van der Waals surface area contributed by atoms with Crippen molar-refractivity contribution < 1.29 is 32.8 Å². The van der Waals surface area contributed by atoms with Crippen LogP contribution in [0, 0.1) is 5.41 Å². The van der Waals surface area contributed by atoms with E-state index < -0.39 is 40.7 Å². The third-order valence-corrected chi connectivity index (χ3v) is 10.4. The Kier molecular flexibility index (Phi) is 12.5. The number of imidazole rings is 1. The molecule has 43 heavy (non-hydrogen) atoms. The van der Waals surface area contributed by atoms with Crippen LogP contribution in [0.4, 0.5) is 5.95 Å². The summed E-state index contributed by atoms with van der Waals surface area (Å²) < 4.78 is 29.3. The van der Waals surface area contributed by atoms with Crippen molar-refractivity contribution in [3.8, 4) is 5.88 Å². The van der Waals surface area contributed by atoms with Crippen LogP contribution in [0.5, 0.6) is 5.88 Å².